The molecule has 74 valence electrons. The zero-order chi connectivity index (χ0) is 9.97. The van der Waals surface area contributed by atoms with Crippen LogP contribution in [0.25, 0.3) is 10.8 Å². The van der Waals surface area contributed by atoms with Crippen LogP contribution in [0.1, 0.15) is 18.1 Å². The van der Waals surface area contributed by atoms with E-state index < -0.39 is 0 Å². The number of hydrogen-bond donors (Lipinski definition) is 1. The number of aryl methyl sites for hydroxylation is 1. The van der Waals surface area contributed by atoms with Gasteiger partial charge in [0.15, 0.2) is 0 Å². The molecule has 0 aromatic heterocycles. The van der Waals surface area contributed by atoms with E-state index in [-0.39, 0.29) is 36.2 Å². The molecule has 0 heterocycles. The molecule has 2 rings (SSSR count). The van der Waals surface area contributed by atoms with Crippen LogP contribution < -0.4 is 0 Å². The molecule has 0 radical (unpaired) electrons. The first-order chi connectivity index (χ1) is 6.86. The van der Waals surface area contributed by atoms with E-state index in [2.05, 4.69) is 25.1 Å². The fraction of sp³-hybridized carbons (Fsp3) is 0.231. The Morgan fingerprint density at radius 3 is 2.47 bits per heavy atom. The summed E-state index contributed by atoms with van der Waals surface area (Å²) in [6.45, 7) is 2.26. The zero-order valence-electron chi connectivity index (χ0n) is 8.33. The van der Waals surface area contributed by atoms with Crippen molar-refractivity contribution in [3.8, 4) is 0 Å². The number of rotatable bonds is 2. The van der Waals surface area contributed by atoms with Gasteiger partial charge in [-0.3, -0.25) is 0 Å². The van der Waals surface area contributed by atoms with Crippen molar-refractivity contribution in [3.63, 3.8) is 0 Å². The van der Waals surface area contributed by atoms with Crippen LogP contribution in [0.5, 0.6) is 0 Å². The fourth-order valence-corrected chi connectivity index (χ4v) is 1.95. The van der Waals surface area contributed by atoms with Crippen molar-refractivity contribution in [2.75, 3.05) is 0 Å². The summed E-state index contributed by atoms with van der Waals surface area (Å²) in [5, 5.41) is 11.7. The third kappa shape index (κ3) is 2.43. The average molecular weight is 210 g/mol. The Bertz CT molecular complexity index is 451. The second-order valence-corrected chi connectivity index (χ2v) is 3.44. The minimum atomic E-state index is 0. The maximum absolute atomic E-state index is 9.21. The van der Waals surface area contributed by atoms with Crippen molar-refractivity contribution >= 4 is 40.3 Å². The van der Waals surface area contributed by atoms with Gasteiger partial charge in [0, 0.05) is 0 Å². The summed E-state index contributed by atoms with van der Waals surface area (Å²) in [5.74, 6) is 0. The number of hydrogen-bond acceptors (Lipinski definition) is 1. The quantitative estimate of drug-likeness (QED) is 0.754. The van der Waals surface area contributed by atoms with Crippen LogP contribution in [0, 0.1) is 0 Å². The predicted molar refractivity (Wildman–Crippen MR) is 66.4 cm³/mol. The van der Waals surface area contributed by atoms with Crippen LogP contribution in [0.2, 0.25) is 0 Å². The fourth-order valence-electron chi connectivity index (χ4n) is 1.95. The summed E-state index contributed by atoms with van der Waals surface area (Å²) in [5.41, 5.74) is 2.32. The summed E-state index contributed by atoms with van der Waals surface area (Å²) in [6, 6.07) is 12.4. The third-order valence-corrected chi connectivity index (χ3v) is 2.66. The van der Waals surface area contributed by atoms with Crippen molar-refractivity contribution in [2.45, 2.75) is 20.0 Å². The predicted octanol–water partition coefficient (Wildman–Crippen LogP) is 2.25. The van der Waals surface area contributed by atoms with Crippen molar-refractivity contribution in [2.24, 2.45) is 0 Å². The SMILES string of the molecule is CCc1c(CO)ccc2ccccc12.[NaH]. The number of aliphatic hydroxyl groups excluding tert-OH is 1. The minimum absolute atomic E-state index is 0. The van der Waals surface area contributed by atoms with Crippen LogP contribution in [-0.2, 0) is 13.0 Å². The van der Waals surface area contributed by atoms with Gasteiger partial charge in [-0.05, 0) is 28.3 Å². The Balaban J connectivity index is 0.00000112. The van der Waals surface area contributed by atoms with E-state index in [1.165, 1.54) is 16.3 Å². The van der Waals surface area contributed by atoms with Gasteiger partial charge in [-0.25, -0.2) is 0 Å². The molecule has 2 heteroatoms. The summed E-state index contributed by atoms with van der Waals surface area (Å²) in [7, 11) is 0. The molecule has 0 aliphatic heterocycles. The molecular formula is C13H15NaO. The molecular weight excluding hydrogens is 195 g/mol. The molecule has 1 N–H and O–H groups in total. The van der Waals surface area contributed by atoms with Gasteiger partial charge < -0.3 is 5.11 Å². The molecule has 0 saturated carbocycles. The van der Waals surface area contributed by atoms with E-state index in [0.29, 0.717) is 0 Å². The van der Waals surface area contributed by atoms with Gasteiger partial charge in [0.1, 0.15) is 0 Å². The van der Waals surface area contributed by atoms with E-state index in [0.717, 1.165) is 12.0 Å². The molecule has 15 heavy (non-hydrogen) atoms. The number of benzene rings is 2. The van der Waals surface area contributed by atoms with E-state index in [9.17, 15) is 5.11 Å². The van der Waals surface area contributed by atoms with Gasteiger partial charge in [-0.1, -0.05) is 43.3 Å². The second-order valence-electron chi connectivity index (χ2n) is 3.44. The van der Waals surface area contributed by atoms with Crippen LogP contribution in [-0.4, -0.2) is 34.7 Å². The Kier molecular flexibility index (Phi) is 4.81. The first-order valence-electron chi connectivity index (χ1n) is 4.97. The van der Waals surface area contributed by atoms with E-state index >= 15 is 0 Å². The van der Waals surface area contributed by atoms with E-state index in [4.69, 9.17) is 0 Å². The number of aliphatic hydroxyl groups is 1. The van der Waals surface area contributed by atoms with Gasteiger partial charge in [0.05, 0.1) is 6.61 Å². The van der Waals surface area contributed by atoms with E-state index in [1.807, 2.05) is 18.2 Å². The van der Waals surface area contributed by atoms with Crippen molar-refractivity contribution < 1.29 is 5.11 Å². The summed E-state index contributed by atoms with van der Waals surface area (Å²) < 4.78 is 0. The van der Waals surface area contributed by atoms with Crippen molar-refractivity contribution in [1.29, 1.82) is 0 Å². The monoisotopic (exact) mass is 210 g/mol. The molecule has 1 nitrogen and oxygen atoms in total. The zero-order valence-corrected chi connectivity index (χ0v) is 8.33. The molecule has 0 spiro atoms. The first kappa shape index (κ1) is 12.7. The van der Waals surface area contributed by atoms with Crippen LogP contribution in [0.3, 0.4) is 0 Å². The molecule has 0 unspecified atom stereocenters. The Hall–Kier alpha value is -0.340. The molecule has 0 amide bonds. The standard InChI is InChI=1S/C13H14O.Na.H/c1-2-12-11(9-14)8-7-10-5-3-4-6-13(10)12;;/h3-8,14H,2,9H2,1H3;;. The van der Waals surface area contributed by atoms with Crippen LogP contribution >= 0.6 is 0 Å². The molecule has 0 bridgehead atoms. The van der Waals surface area contributed by atoms with Gasteiger partial charge >= 0.3 is 29.6 Å². The molecule has 2 aromatic carbocycles. The van der Waals surface area contributed by atoms with Crippen LogP contribution in [0.15, 0.2) is 36.4 Å². The summed E-state index contributed by atoms with van der Waals surface area (Å²) >= 11 is 0. The van der Waals surface area contributed by atoms with E-state index in [1.54, 1.807) is 0 Å². The van der Waals surface area contributed by atoms with Gasteiger partial charge in [0.2, 0.25) is 0 Å². The normalized spacial score (nSPS) is 10.0. The molecule has 0 saturated heterocycles. The van der Waals surface area contributed by atoms with Gasteiger partial charge in [-0.15, -0.1) is 0 Å². The Morgan fingerprint density at radius 1 is 1.07 bits per heavy atom. The molecule has 0 fully saturated rings. The molecule has 0 aliphatic carbocycles. The van der Waals surface area contributed by atoms with Gasteiger partial charge in [-0.2, -0.15) is 0 Å². The maximum atomic E-state index is 9.21. The average Bonchev–Trinajstić information content (AvgIpc) is 2.27. The Morgan fingerprint density at radius 2 is 1.80 bits per heavy atom. The first-order valence-corrected chi connectivity index (χ1v) is 4.97. The summed E-state index contributed by atoms with van der Waals surface area (Å²) in [4.78, 5) is 0. The molecule has 0 aliphatic rings. The van der Waals surface area contributed by atoms with Gasteiger partial charge in [0.25, 0.3) is 0 Å². The molecule has 0 atom stereocenters. The topological polar surface area (TPSA) is 20.2 Å². The van der Waals surface area contributed by atoms with Crippen LogP contribution in [0.4, 0.5) is 0 Å². The van der Waals surface area contributed by atoms with Crippen molar-refractivity contribution in [3.05, 3.63) is 47.5 Å². The number of fused-ring (bicyclic) bond motifs is 1. The Labute approximate surface area is 112 Å². The second kappa shape index (κ2) is 5.66. The van der Waals surface area contributed by atoms with Crippen molar-refractivity contribution in [1.82, 2.24) is 0 Å². The summed E-state index contributed by atoms with van der Waals surface area (Å²) in [6.07, 6.45) is 0.969. The molecule has 2 aromatic rings. The third-order valence-electron chi connectivity index (χ3n) is 2.66.